The largest absolute Gasteiger partial charge is 0.484 e. The summed E-state index contributed by atoms with van der Waals surface area (Å²) < 4.78 is 5.11. The molecule has 52 valence electrons. The molecule has 0 N–H and O–H groups in total. The highest BCUT2D eigenvalue weighted by molar-refractivity contribution is 7.98. The molecule has 9 heavy (non-hydrogen) atoms. The van der Waals surface area contributed by atoms with Gasteiger partial charge in [0.05, 0.1) is 0 Å². The fourth-order valence-corrected chi connectivity index (χ4v) is 0.638. The van der Waals surface area contributed by atoms with Gasteiger partial charge in [0.25, 0.3) is 0 Å². The molecule has 0 spiro atoms. The van der Waals surface area contributed by atoms with Gasteiger partial charge in [0.1, 0.15) is 11.7 Å². The highest BCUT2D eigenvalue weighted by Crippen LogP contribution is 2.00. The molecule has 0 saturated carbocycles. The van der Waals surface area contributed by atoms with Gasteiger partial charge in [-0.3, -0.25) is 0 Å². The van der Waals surface area contributed by atoms with E-state index in [1.165, 1.54) is 0 Å². The summed E-state index contributed by atoms with van der Waals surface area (Å²) in [5.41, 5.74) is 0. The third kappa shape index (κ3) is 5.50. The predicted octanol–water partition coefficient (Wildman–Crippen LogP) is 2.41. The van der Waals surface area contributed by atoms with Crippen molar-refractivity contribution in [3.8, 4) is 0 Å². The molecule has 2 heteroatoms. The lowest BCUT2D eigenvalue weighted by molar-refractivity contribution is 0.289. The number of hydrogen-bond donors (Lipinski definition) is 0. The molecular weight excluding hydrogens is 132 g/mol. The highest BCUT2D eigenvalue weighted by atomic mass is 32.2. The van der Waals surface area contributed by atoms with E-state index in [9.17, 15) is 0 Å². The van der Waals surface area contributed by atoms with Crippen LogP contribution in [0.4, 0.5) is 0 Å². The molecule has 0 aromatic carbocycles. The summed E-state index contributed by atoms with van der Waals surface area (Å²) in [5, 5.41) is 0. The molecule has 0 aliphatic heterocycles. The molecule has 0 atom stereocenters. The average molecular weight is 144 g/mol. The lowest BCUT2D eigenvalue weighted by Crippen LogP contribution is -1.84. The molecule has 0 saturated heterocycles. The van der Waals surface area contributed by atoms with Crippen molar-refractivity contribution in [3.63, 3.8) is 0 Å². The molecule has 0 rings (SSSR count). The van der Waals surface area contributed by atoms with E-state index in [1.807, 2.05) is 25.3 Å². The monoisotopic (exact) mass is 144 g/mol. The van der Waals surface area contributed by atoms with Crippen molar-refractivity contribution in [2.75, 3.05) is 12.2 Å². The van der Waals surface area contributed by atoms with Crippen LogP contribution in [0.5, 0.6) is 0 Å². The third-order valence-electron chi connectivity index (χ3n) is 0.715. The molecule has 0 aliphatic rings. The van der Waals surface area contributed by atoms with Gasteiger partial charge in [0.2, 0.25) is 0 Å². The summed E-state index contributed by atoms with van der Waals surface area (Å²) in [7, 11) is 0. The molecule has 0 bridgehead atoms. The van der Waals surface area contributed by atoms with Crippen LogP contribution in [0, 0.1) is 0 Å². The van der Waals surface area contributed by atoms with E-state index >= 15 is 0 Å². The summed E-state index contributed by atoms with van der Waals surface area (Å²) in [6, 6.07) is 0. The lowest BCUT2D eigenvalue weighted by Gasteiger charge is -2.00. The number of ether oxygens (including phenoxy) is 1. The quantitative estimate of drug-likeness (QED) is 0.340. The first-order chi connectivity index (χ1) is 4.31. The van der Waals surface area contributed by atoms with Gasteiger partial charge in [-0.25, -0.2) is 0 Å². The van der Waals surface area contributed by atoms with Crippen LogP contribution < -0.4 is 0 Å². The summed E-state index contributed by atoms with van der Waals surface area (Å²) in [5.74, 6) is 1.41. The summed E-state index contributed by atoms with van der Waals surface area (Å²) >= 11 is 1.64. The molecule has 0 radical (unpaired) electrons. The zero-order chi connectivity index (χ0) is 7.11. The fraction of sp³-hybridized carbons (Fsp3) is 0.429. The van der Waals surface area contributed by atoms with Crippen molar-refractivity contribution in [2.45, 2.75) is 6.92 Å². The molecule has 0 aromatic heterocycles. The summed E-state index contributed by atoms with van der Waals surface area (Å²) in [4.78, 5) is 0. The second-order valence-electron chi connectivity index (χ2n) is 1.52. The summed E-state index contributed by atoms with van der Waals surface area (Å²) in [6.07, 6.45) is 5.74. The van der Waals surface area contributed by atoms with Crippen LogP contribution in [0.3, 0.4) is 0 Å². The fourth-order valence-electron chi connectivity index (χ4n) is 0.369. The van der Waals surface area contributed by atoms with E-state index in [2.05, 4.69) is 6.58 Å². The van der Waals surface area contributed by atoms with Crippen LogP contribution in [-0.2, 0) is 4.74 Å². The van der Waals surface area contributed by atoms with E-state index in [4.69, 9.17) is 4.74 Å². The standard InChI is InChI=1S/C7H12OS/c1-4-5-7(2)8-6-9-3/h4-5H,2,6H2,1,3H3. The van der Waals surface area contributed by atoms with Crippen LogP contribution in [0.2, 0.25) is 0 Å². The Morgan fingerprint density at radius 3 is 2.89 bits per heavy atom. The Labute approximate surface area is 60.8 Å². The third-order valence-corrected chi connectivity index (χ3v) is 1.07. The first-order valence-electron chi connectivity index (χ1n) is 2.74. The van der Waals surface area contributed by atoms with Gasteiger partial charge in [0.15, 0.2) is 0 Å². The van der Waals surface area contributed by atoms with Crippen molar-refractivity contribution < 1.29 is 4.74 Å². The lowest BCUT2D eigenvalue weighted by atomic mass is 10.5. The normalized spacial score (nSPS) is 10.0. The van der Waals surface area contributed by atoms with Gasteiger partial charge in [0, 0.05) is 0 Å². The minimum absolute atomic E-state index is 0.684. The molecule has 0 unspecified atom stereocenters. The first kappa shape index (κ1) is 8.63. The van der Waals surface area contributed by atoms with Crippen molar-refractivity contribution in [1.82, 2.24) is 0 Å². The van der Waals surface area contributed by atoms with Crippen molar-refractivity contribution in [1.29, 1.82) is 0 Å². The zero-order valence-electron chi connectivity index (χ0n) is 5.89. The van der Waals surface area contributed by atoms with E-state index in [-0.39, 0.29) is 0 Å². The van der Waals surface area contributed by atoms with Gasteiger partial charge < -0.3 is 4.74 Å². The maximum atomic E-state index is 5.11. The van der Waals surface area contributed by atoms with Gasteiger partial charge in [-0.2, -0.15) is 0 Å². The molecular formula is C7H12OS. The second-order valence-corrected chi connectivity index (χ2v) is 2.33. The second kappa shape index (κ2) is 5.76. The Hall–Kier alpha value is -0.370. The average Bonchev–Trinajstić information content (AvgIpc) is 1.85. The Balaban J connectivity index is 3.27. The van der Waals surface area contributed by atoms with Crippen LogP contribution in [-0.4, -0.2) is 12.2 Å². The zero-order valence-corrected chi connectivity index (χ0v) is 6.70. The van der Waals surface area contributed by atoms with Crippen molar-refractivity contribution >= 4 is 11.8 Å². The predicted molar refractivity (Wildman–Crippen MR) is 43.4 cm³/mol. The minimum atomic E-state index is 0.684. The van der Waals surface area contributed by atoms with Crippen LogP contribution >= 0.6 is 11.8 Å². The minimum Gasteiger partial charge on any atom is -0.484 e. The highest BCUT2D eigenvalue weighted by Gasteiger charge is 1.83. The summed E-state index contributed by atoms with van der Waals surface area (Å²) in [6.45, 7) is 5.60. The van der Waals surface area contributed by atoms with Gasteiger partial charge in [-0.15, -0.1) is 11.8 Å². The maximum Gasteiger partial charge on any atom is 0.133 e. The van der Waals surface area contributed by atoms with Crippen molar-refractivity contribution in [2.24, 2.45) is 0 Å². The van der Waals surface area contributed by atoms with E-state index < -0.39 is 0 Å². The van der Waals surface area contributed by atoms with Gasteiger partial charge >= 0.3 is 0 Å². The smallest absolute Gasteiger partial charge is 0.133 e. The number of allylic oxidation sites excluding steroid dienone is 2. The van der Waals surface area contributed by atoms with Crippen molar-refractivity contribution in [3.05, 3.63) is 24.5 Å². The van der Waals surface area contributed by atoms with Crippen LogP contribution in [0.15, 0.2) is 24.5 Å². The van der Waals surface area contributed by atoms with Gasteiger partial charge in [-0.05, 0) is 19.3 Å². The Morgan fingerprint density at radius 1 is 1.78 bits per heavy atom. The SMILES string of the molecule is C=C(C=CC)OCSC. The Morgan fingerprint density at radius 2 is 2.44 bits per heavy atom. The molecule has 0 heterocycles. The van der Waals surface area contributed by atoms with E-state index in [0.29, 0.717) is 5.94 Å². The van der Waals surface area contributed by atoms with Crippen LogP contribution in [0.25, 0.3) is 0 Å². The van der Waals surface area contributed by atoms with E-state index in [1.54, 1.807) is 11.8 Å². The number of thioether (sulfide) groups is 1. The molecule has 0 aliphatic carbocycles. The first-order valence-corrected chi connectivity index (χ1v) is 4.14. The number of hydrogen-bond acceptors (Lipinski definition) is 2. The molecule has 0 fully saturated rings. The van der Waals surface area contributed by atoms with Crippen LogP contribution in [0.1, 0.15) is 6.92 Å². The topological polar surface area (TPSA) is 9.23 Å². The van der Waals surface area contributed by atoms with E-state index in [0.717, 1.165) is 5.76 Å². The molecule has 0 aromatic rings. The molecule has 1 nitrogen and oxygen atoms in total. The Kier molecular flexibility index (Phi) is 5.52. The maximum absolute atomic E-state index is 5.11. The Bertz CT molecular complexity index is 107. The number of rotatable bonds is 4. The molecule has 0 amide bonds. The van der Waals surface area contributed by atoms with Gasteiger partial charge in [-0.1, -0.05) is 12.7 Å².